The van der Waals surface area contributed by atoms with E-state index in [0.29, 0.717) is 0 Å². The van der Waals surface area contributed by atoms with Gasteiger partial charge < -0.3 is 14.7 Å². The Balaban J connectivity index is 0.000000429. The fourth-order valence-corrected chi connectivity index (χ4v) is 2.84. The first kappa shape index (κ1) is 28.9. The van der Waals surface area contributed by atoms with Gasteiger partial charge in [0.1, 0.15) is 0 Å². The molecule has 0 amide bonds. The third-order valence-electron chi connectivity index (χ3n) is 4.42. The van der Waals surface area contributed by atoms with Crippen molar-refractivity contribution in [2.24, 2.45) is 0 Å². The van der Waals surface area contributed by atoms with Crippen molar-refractivity contribution in [3.05, 3.63) is 110 Å². The smallest absolute Gasteiger partial charge is 0.428 e. The summed E-state index contributed by atoms with van der Waals surface area (Å²) in [6, 6.07) is 24.2. The Labute approximate surface area is 219 Å². The van der Waals surface area contributed by atoms with Crippen molar-refractivity contribution in [3.8, 4) is 0 Å². The van der Waals surface area contributed by atoms with Gasteiger partial charge in [-0.05, 0) is 42.3 Å². The molecule has 0 N–H and O–H groups in total. The molecule has 0 saturated heterocycles. The molecule has 3 rings (SSSR count). The first-order valence-electron chi connectivity index (χ1n) is 9.90. The second-order valence-corrected chi connectivity index (χ2v) is 7.57. The molecule has 3 aromatic rings. The fraction of sp³-hybridized carbons (Fsp3) is 0.222. The SMILES string of the molecule is [CH2-]c1ccccc1N(C)C.[CH2-]c1ccccc1N(C)C.[CH2-]c1ccccc1N(C)C.[Lu+3]. The van der Waals surface area contributed by atoms with Crippen LogP contribution < -0.4 is 14.7 Å². The predicted molar refractivity (Wildman–Crippen MR) is 136 cm³/mol. The molecule has 0 fully saturated rings. The van der Waals surface area contributed by atoms with Gasteiger partial charge in [-0.25, -0.2) is 0 Å². The summed E-state index contributed by atoms with van der Waals surface area (Å²) in [6.45, 7) is 11.7. The maximum atomic E-state index is 3.90. The van der Waals surface area contributed by atoms with Crippen LogP contribution in [-0.2, 0) is 0 Å². The summed E-state index contributed by atoms with van der Waals surface area (Å²) in [6.07, 6.45) is 0. The van der Waals surface area contributed by atoms with Gasteiger partial charge in [0.25, 0.3) is 0 Å². The Kier molecular flexibility index (Phi) is 13.8. The zero-order valence-corrected chi connectivity index (χ0v) is 21.3. The topological polar surface area (TPSA) is 9.72 Å². The van der Waals surface area contributed by atoms with E-state index in [2.05, 4.69) is 53.7 Å². The minimum absolute atomic E-state index is 0. The molecule has 4 heteroatoms. The largest absolute Gasteiger partial charge is 3.00 e. The molecule has 0 aromatic heterocycles. The average molecular weight is 578 g/mol. The Morgan fingerprint density at radius 3 is 0.742 bits per heavy atom. The van der Waals surface area contributed by atoms with Crippen LogP contribution in [0.2, 0.25) is 0 Å². The van der Waals surface area contributed by atoms with Gasteiger partial charge in [-0.3, -0.25) is 0 Å². The number of anilines is 3. The maximum absolute atomic E-state index is 3.90. The summed E-state index contributed by atoms with van der Waals surface area (Å²) in [5.74, 6) is 0. The van der Waals surface area contributed by atoms with E-state index in [-0.39, 0.29) is 36.9 Å². The molecule has 0 unspecified atom stereocenters. The third-order valence-corrected chi connectivity index (χ3v) is 4.42. The minimum atomic E-state index is 0. The van der Waals surface area contributed by atoms with Crippen LogP contribution in [0.1, 0.15) is 16.7 Å². The zero-order valence-electron chi connectivity index (χ0n) is 19.6. The summed E-state index contributed by atoms with van der Waals surface area (Å²) >= 11 is 0. The molecule has 0 saturated carbocycles. The van der Waals surface area contributed by atoms with Gasteiger partial charge in [-0.15, -0.1) is 18.2 Å². The Morgan fingerprint density at radius 1 is 0.419 bits per heavy atom. The second-order valence-electron chi connectivity index (χ2n) is 7.57. The summed E-state index contributed by atoms with van der Waals surface area (Å²) in [5.41, 5.74) is 6.78. The Morgan fingerprint density at radius 2 is 0.613 bits per heavy atom. The van der Waals surface area contributed by atoms with Crippen LogP contribution in [0.5, 0.6) is 0 Å². The number of hydrogen-bond donors (Lipinski definition) is 0. The molecule has 0 heterocycles. The number of nitrogens with zero attached hydrogens (tertiary/aromatic N) is 3. The summed E-state index contributed by atoms with van der Waals surface area (Å²) < 4.78 is 0. The van der Waals surface area contributed by atoms with Gasteiger partial charge in [0.2, 0.25) is 0 Å². The van der Waals surface area contributed by atoms with Crippen molar-refractivity contribution >= 4 is 17.1 Å². The number of rotatable bonds is 3. The molecule has 0 atom stereocenters. The molecule has 0 aliphatic heterocycles. The molecule has 0 spiro atoms. The summed E-state index contributed by atoms with van der Waals surface area (Å²) in [4.78, 5) is 6.17. The van der Waals surface area contributed by atoms with Gasteiger partial charge in [0, 0.05) is 0 Å². The van der Waals surface area contributed by atoms with Crippen LogP contribution in [0.3, 0.4) is 0 Å². The molecule has 0 radical (unpaired) electrons. The summed E-state index contributed by atoms with van der Waals surface area (Å²) in [5, 5.41) is 0. The zero-order chi connectivity index (χ0) is 22.7. The monoisotopic (exact) mass is 577 g/mol. The van der Waals surface area contributed by atoms with Crippen LogP contribution in [0.25, 0.3) is 0 Å². The van der Waals surface area contributed by atoms with Gasteiger partial charge in [0.15, 0.2) is 0 Å². The number of benzene rings is 3. The van der Waals surface area contributed by atoms with Crippen molar-refractivity contribution in [3.63, 3.8) is 0 Å². The van der Waals surface area contributed by atoms with Gasteiger partial charge in [-0.2, -0.15) is 55.7 Å². The van der Waals surface area contributed by atoms with E-state index in [1.165, 1.54) is 17.1 Å². The minimum Gasteiger partial charge on any atom is -0.428 e. The molecule has 3 nitrogen and oxygen atoms in total. The van der Waals surface area contributed by atoms with Crippen LogP contribution in [0.15, 0.2) is 72.8 Å². The van der Waals surface area contributed by atoms with Crippen molar-refractivity contribution in [1.29, 1.82) is 0 Å². The predicted octanol–water partition coefficient (Wildman–Crippen LogP) is 5.80. The molecule has 174 valence electrons. The van der Waals surface area contributed by atoms with Gasteiger partial charge in [0.05, 0.1) is 0 Å². The molecule has 3 aromatic carbocycles. The van der Waals surface area contributed by atoms with Crippen molar-refractivity contribution in [2.45, 2.75) is 0 Å². The first-order valence-corrected chi connectivity index (χ1v) is 9.90. The Hall–Kier alpha value is -2.10. The van der Waals surface area contributed by atoms with E-state index in [0.717, 1.165) is 16.7 Å². The van der Waals surface area contributed by atoms with E-state index >= 15 is 0 Å². The molecular formula is C27H36LuN3. The normalized spacial score (nSPS) is 9.10. The number of hydrogen-bond acceptors (Lipinski definition) is 3. The maximum Gasteiger partial charge on any atom is 3.00 e. The summed E-state index contributed by atoms with van der Waals surface area (Å²) in [7, 11) is 12.1. The van der Waals surface area contributed by atoms with Crippen LogP contribution in [-0.4, -0.2) is 42.3 Å². The fourth-order valence-electron chi connectivity index (χ4n) is 2.84. The van der Waals surface area contributed by atoms with Gasteiger partial charge in [-0.1, -0.05) is 53.5 Å². The van der Waals surface area contributed by atoms with E-state index in [1.807, 2.05) is 96.9 Å². The van der Waals surface area contributed by atoms with Crippen molar-refractivity contribution < 1.29 is 36.9 Å². The molecule has 0 aliphatic rings. The van der Waals surface area contributed by atoms with E-state index in [1.54, 1.807) is 0 Å². The second kappa shape index (κ2) is 14.8. The first-order chi connectivity index (χ1) is 14.1. The molecule has 31 heavy (non-hydrogen) atoms. The van der Waals surface area contributed by atoms with E-state index in [9.17, 15) is 0 Å². The molecule has 0 aliphatic carbocycles. The standard InChI is InChI=1S/3C9H12N.Lu/c3*1-8-6-4-5-7-9(8)10(2)3;/h3*4-7H,1H2,2-3H3;/q3*-1;+3. The van der Waals surface area contributed by atoms with Gasteiger partial charge >= 0.3 is 36.9 Å². The van der Waals surface area contributed by atoms with Crippen LogP contribution >= 0.6 is 0 Å². The molecule has 0 bridgehead atoms. The van der Waals surface area contributed by atoms with E-state index < -0.39 is 0 Å². The average Bonchev–Trinajstić information content (AvgIpc) is 2.69. The van der Waals surface area contributed by atoms with Crippen LogP contribution in [0, 0.1) is 57.6 Å². The van der Waals surface area contributed by atoms with Crippen molar-refractivity contribution in [2.75, 3.05) is 57.0 Å². The van der Waals surface area contributed by atoms with Crippen molar-refractivity contribution in [1.82, 2.24) is 0 Å². The van der Waals surface area contributed by atoms with E-state index in [4.69, 9.17) is 0 Å². The molecular weight excluding hydrogens is 541 g/mol. The quantitative estimate of drug-likeness (QED) is 0.365. The third kappa shape index (κ3) is 10.2. The Bertz CT molecular complexity index is 771. The van der Waals surface area contributed by atoms with Crippen LogP contribution in [0.4, 0.5) is 17.1 Å². The number of para-hydroxylation sites is 3.